The first kappa shape index (κ1) is 20.4. The van der Waals surface area contributed by atoms with Crippen LogP contribution in [0.1, 0.15) is 16.7 Å². The molecule has 1 saturated heterocycles. The number of fused-ring (bicyclic) bond motifs is 1. The van der Waals surface area contributed by atoms with Gasteiger partial charge >= 0.3 is 5.97 Å². The number of hydrogen-bond donors (Lipinski definition) is 0. The standard InChI is InChI=1S/C21H23NO5S2/c1-15-5-6-17-13-20(28-19(17)11-15)21(23)27-14-16-3-2-4-18(12-16)29(24,25)22-7-9-26-10-8-22/h2-6,11-12,20H,7-10,13-14H2,1H3/t20-/m0/s1. The molecule has 0 unspecified atom stereocenters. The van der Waals surface area contributed by atoms with Gasteiger partial charge in [-0.15, -0.1) is 11.8 Å². The molecule has 154 valence electrons. The van der Waals surface area contributed by atoms with Crippen molar-refractivity contribution in [3.05, 3.63) is 59.2 Å². The number of rotatable bonds is 5. The van der Waals surface area contributed by atoms with Crippen LogP contribution in [0.2, 0.25) is 0 Å². The summed E-state index contributed by atoms with van der Waals surface area (Å²) in [4.78, 5) is 13.9. The first-order chi connectivity index (χ1) is 13.9. The van der Waals surface area contributed by atoms with Crippen molar-refractivity contribution in [1.29, 1.82) is 0 Å². The molecule has 0 bridgehead atoms. The summed E-state index contributed by atoms with van der Waals surface area (Å²) in [6.07, 6.45) is 0.657. The number of thioether (sulfide) groups is 1. The Kier molecular flexibility index (Phi) is 5.96. The van der Waals surface area contributed by atoms with E-state index in [2.05, 4.69) is 12.1 Å². The largest absolute Gasteiger partial charge is 0.460 e. The molecule has 2 heterocycles. The monoisotopic (exact) mass is 433 g/mol. The average molecular weight is 434 g/mol. The fourth-order valence-electron chi connectivity index (χ4n) is 3.45. The summed E-state index contributed by atoms with van der Waals surface area (Å²) >= 11 is 1.53. The number of sulfonamides is 1. The lowest BCUT2D eigenvalue weighted by Gasteiger charge is -2.26. The van der Waals surface area contributed by atoms with Gasteiger partial charge < -0.3 is 9.47 Å². The van der Waals surface area contributed by atoms with E-state index >= 15 is 0 Å². The topological polar surface area (TPSA) is 72.9 Å². The first-order valence-corrected chi connectivity index (χ1v) is 11.8. The van der Waals surface area contributed by atoms with Crippen LogP contribution in [0.3, 0.4) is 0 Å². The second-order valence-electron chi connectivity index (χ2n) is 7.19. The predicted molar refractivity (Wildman–Crippen MR) is 110 cm³/mol. The molecule has 0 saturated carbocycles. The zero-order chi connectivity index (χ0) is 20.4. The summed E-state index contributed by atoms with van der Waals surface area (Å²) in [5, 5.41) is -0.257. The van der Waals surface area contributed by atoms with Crippen molar-refractivity contribution < 1.29 is 22.7 Å². The van der Waals surface area contributed by atoms with Gasteiger partial charge in [-0.3, -0.25) is 4.79 Å². The van der Waals surface area contributed by atoms with E-state index in [4.69, 9.17) is 9.47 Å². The third-order valence-corrected chi connectivity index (χ3v) is 8.22. The third-order valence-electron chi connectivity index (χ3n) is 5.05. The molecular formula is C21H23NO5S2. The Hall–Kier alpha value is -1.87. The summed E-state index contributed by atoms with van der Waals surface area (Å²) in [7, 11) is -3.57. The maximum Gasteiger partial charge on any atom is 0.320 e. The molecule has 2 aliphatic rings. The molecule has 8 heteroatoms. The van der Waals surface area contributed by atoms with Gasteiger partial charge in [-0.2, -0.15) is 4.31 Å². The van der Waals surface area contributed by atoms with Crippen molar-refractivity contribution in [2.24, 2.45) is 0 Å². The van der Waals surface area contributed by atoms with Crippen LogP contribution in [0.25, 0.3) is 0 Å². The Morgan fingerprint density at radius 3 is 2.79 bits per heavy atom. The van der Waals surface area contributed by atoms with E-state index in [1.807, 2.05) is 13.0 Å². The van der Waals surface area contributed by atoms with Crippen LogP contribution in [0.5, 0.6) is 0 Å². The summed E-state index contributed by atoms with van der Waals surface area (Å²) in [6.45, 7) is 3.58. The Morgan fingerprint density at radius 1 is 1.21 bits per heavy atom. The third kappa shape index (κ3) is 4.50. The minimum absolute atomic E-state index is 0.0533. The smallest absolute Gasteiger partial charge is 0.320 e. The average Bonchev–Trinajstić information content (AvgIpc) is 3.16. The summed E-state index contributed by atoms with van der Waals surface area (Å²) in [5.74, 6) is -0.273. The molecule has 2 aliphatic heterocycles. The van der Waals surface area contributed by atoms with Gasteiger partial charge in [0.15, 0.2) is 0 Å². The van der Waals surface area contributed by atoms with Crippen molar-refractivity contribution in [3.8, 4) is 0 Å². The molecule has 29 heavy (non-hydrogen) atoms. The quantitative estimate of drug-likeness (QED) is 0.675. The Morgan fingerprint density at radius 2 is 2.00 bits per heavy atom. The SMILES string of the molecule is Cc1ccc2c(c1)S[C@H](C(=O)OCc1cccc(S(=O)(=O)N3CCOCC3)c1)C2. The lowest BCUT2D eigenvalue weighted by atomic mass is 10.1. The number of carbonyl (C=O) groups excluding carboxylic acids is 1. The van der Waals surface area contributed by atoms with E-state index in [0.717, 1.165) is 4.90 Å². The maximum atomic E-state index is 12.8. The van der Waals surface area contributed by atoms with Gasteiger partial charge in [-0.25, -0.2) is 8.42 Å². The number of benzene rings is 2. The number of morpholine rings is 1. The molecule has 0 radical (unpaired) electrons. The molecule has 0 N–H and O–H groups in total. The highest BCUT2D eigenvalue weighted by Gasteiger charge is 2.30. The number of hydrogen-bond acceptors (Lipinski definition) is 6. The highest BCUT2D eigenvalue weighted by Crippen LogP contribution is 2.38. The maximum absolute atomic E-state index is 12.8. The minimum Gasteiger partial charge on any atom is -0.460 e. The van der Waals surface area contributed by atoms with Gasteiger partial charge in [-0.05, 0) is 42.7 Å². The van der Waals surface area contributed by atoms with Gasteiger partial charge in [0.2, 0.25) is 10.0 Å². The number of nitrogens with zero attached hydrogens (tertiary/aromatic N) is 1. The molecule has 0 amide bonds. The zero-order valence-corrected chi connectivity index (χ0v) is 17.8. The summed E-state index contributed by atoms with van der Waals surface area (Å²) in [5.41, 5.74) is 2.99. The van der Waals surface area contributed by atoms with Crippen LogP contribution in [-0.2, 0) is 37.3 Å². The van der Waals surface area contributed by atoms with E-state index < -0.39 is 10.0 Å². The molecule has 4 rings (SSSR count). The van der Waals surface area contributed by atoms with Gasteiger partial charge in [0.1, 0.15) is 11.9 Å². The van der Waals surface area contributed by atoms with Crippen molar-refractivity contribution in [2.45, 2.75) is 35.0 Å². The van der Waals surface area contributed by atoms with Crippen molar-refractivity contribution in [2.75, 3.05) is 26.3 Å². The van der Waals surface area contributed by atoms with Gasteiger partial charge in [0.05, 0.1) is 18.1 Å². The van der Waals surface area contributed by atoms with E-state index in [1.165, 1.54) is 27.2 Å². The molecule has 6 nitrogen and oxygen atoms in total. The Labute approximate surface area is 175 Å². The fraction of sp³-hybridized carbons (Fsp3) is 0.381. The van der Waals surface area contributed by atoms with Gasteiger partial charge in [0.25, 0.3) is 0 Å². The molecule has 2 aromatic carbocycles. The molecule has 0 spiro atoms. The molecule has 2 aromatic rings. The molecule has 0 aromatic heterocycles. The zero-order valence-electron chi connectivity index (χ0n) is 16.2. The summed E-state index contributed by atoms with van der Waals surface area (Å²) < 4.78 is 37.8. The van der Waals surface area contributed by atoms with Crippen molar-refractivity contribution in [1.82, 2.24) is 4.31 Å². The number of aryl methyl sites for hydroxylation is 1. The first-order valence-electron chi connectivity index (χ1n) is 9.53. The number of ether oxygens (including phenoxy) is 2. The van der Waals surface area contributed by atoms with Gasteiger partial charge in [-0.1, -0.05) is 29.8 Å². The Balaban J connectivity index is 1.39. The van der Waals surface area contributed by atoms with Gasteiger partial charge in [0, 0.05) is 18.0 Å². The number of carbonyl (C=O) groups is 1. The molecule has 1 fully saturated rings. The van der Waals surface area contributed by atoms with Crippen molar-refractivity contribution >= 4 is 27.8 Å². The second-order valence-corrected chi connectivity index (χ2v) is 10.4. The Bertz CT molecular complexity index is 1020. The molecular weight excluding hydrogens is 410 g/mol. The molecule has 0 aliphatic carbocycles. The predicted octanol–water partition coefficient (Wildman–Crippen LogP) is 2.78. The van der Waals surface area contributed by atoms with Crippen molar-refractivity contribution in [3.63, 3.8) is 0 Å². The van der Waals surface area contributed by atoms with E-state index in [-0.39, 0.29) is 22.7 Å². The fourth-order valence-corrected chi connectivity index (χ4v) is 6.21. The lowest BCUT2D eigenvalue weighted by Crippen LogP contribution is -2.40. The molecule has 1 atom stereocenters. The highest BCUT2D eigenvalue weighted by molar-refractivity contribution is 8.01. The van der Waals surface area contributed by atoms with Crippen LogP contribution in [-0.4, -0.2) is 50.2 Å². The normalized spacial score (nSPS) is 19.7. The minimum atomic E-state index is -3.57. The van der Waals surface area contributed by atoms with Crippen LogP contribution in [0.4, 0.5) is 0 Å². The summed E-state index contributed by atoms with van der Waals surface area (Å²) in [6, 6.07) is 12.8. The van der Waals surface area contributed by atoms with E-state index in [0.29, 0.717) is 38.3 Å². The second kappa shape index (κ2) is 8.47. The van der Waals surface area contributed by atoms with E-state index in [9.17, 15) is 13.2 Å². The van der Waals surface area contributed by atoms with Crippen LogP contribution < -0.4 is 0 Å². The van der Waals surface area contributed by atoms with Crippen LogP contribution >= 0.6 is 11.8 Å². The lowest BCUT2D eigenvalue weighted by molar-refractivity contribution is -0.144. The highest BCUT2D eigenvalue weighted by atomic mass is 32.2. The number of esters is 1. The van der Waals surface area contributed by atoms with Crippen LogP contribution in [0, 0.1) is 6.92 Å². The van der Waals surface area contributed by atoms with Crippen LogP contribution in [0.15, 0.2) is 52.3 Å². The van der Waals surface area contributed by atoms with E-state index in [1.54, 1.807) is 24.3 Å².